The largest absolute Gasteiger partial charge is 0.465 e. The first-order valence-corrected chi connectivity index (χ1v) is 7.24. The SMILES string of the molecule is CCOC(=O)CN1C=C(C)C=C(Cc2ccccc2)C1=C=O. The smallest absolute Gasteiger partial charge is 0.325 e. The predicted molar refractivity (Wildman–Crippen MR) is 84.5 cm³/mol. The van der Waals surface area contributed by atoms with Crippen LogP contribution in [0, 0.1) is 0 Å². The first kappa shape index (κ1) is 15.8. The highest BCUT2D eigenvalue weighted by Gasteiger charge is 2.21. The van der Waals surface area contributed by atoms with E-state index in [1.165, 1.54) is 0 Å². The summed E-state index contributed by atoms with van der Waals surface area (Å²) in [5.41, 5.74) is 3.33. The topological polar surface area (TPSA) is 46.6 Å². The van der Waals surface area contributed by atoms with Gasteiger partial charge in [0.05, 0.1) is 6.61 Å². The van der Waals surface area contributed by atoms with Gasteiger partial charge >= 0.3 is 5.97 Å². The van der Waals surface area contributed by atoms with E-state index in [1.54, 1.807) is 18.0 Å². The van der Waals surface area contributed by atoms with E-state index in [0.717, 1.165) is 16.7 Å². The maximum atomic E-state index is 11.7. The van der Waals surface area contributed by atoms with Gasteiger partial charge in [-0.3, -0.25) is 4.79 Å². The average molecular weight is 297 g/mol. The molecule has 0 saturated carbocycles. The Morgan fingerprint density at radius 3 is 2.64 bits per heavy atom. The Morgan fingerprint density at radius 1 is 1.27 bits per heavy atom. The summed E-state index contributed by atoms with van der Waals surface area (Å²) in [7, 11) is 0. The summed E-state index contributed by atoms with van der Waals surface area (Å²) in [4.78, 5) is 24.7. The van der Waals surface area contributed by atoms with Gasteiger partial charge in [0, 0.05) is 12.6 Å². The summed E-state index contributed by atoms with van der Waals surface area (Å²) in [5.74, 6) is 1.60. The second-order valence-electron chi connectivity index (χ2n) is 5.09. The van der Waals surface area contributed by atoms with E-state index in [1.807, 2.05) is 49.3 Å². The number of nitrogens with zero attached hydrogens (tertiary/aromatic N) is 1. The van der Waals surface area contributed by atoms with Crippen molar-refractivity contribution in [3.05, 3.63) is 65.0 Å². The first-order chi connectivity index (χ1) is 10.6. The fourth-order valence-electron chi connectivity index (χ4n) is 2.42. The van der Waals surface area contributed by atoms with E-state index in [0.29, 0.717) is 18.7 Å². The number of hydrogen-bond acceptors (Lipinski definition) is 4. The molecular weight excluding hydrogens is 278 g/mol. The zero-order chi connectivity index (χ0) is 15.9. The molecule has 4 heteroatoms. The third-order valence-corrected chi connectivity index (χ3v) is 3.29. The molecule has 0 N–H and O–H groups in total. The van der Waals surface area contributed by atoms with E-state index >= 15 is 0 Å². The van der Waals surface area contributed by atoms with E-state index in [-0.39, 0.29) is 12.5 Å². The maximum Gasteiger partial charge on any atom is 0.325 e. The van der Waals surface area contributed by atoms with Crippen LogP contribution in [-0.2, 0) is 20.7 Å². The Bertz CT molecular complexity index is 652. The molecule has 0 radical (unpaired) electrons. The molecule has 4 nitrogen and oxygen atoms in total. The fraction of sp³-hybridized carbons (Fsp3) is 0.278. The summed E-state index contributed by atoms with van der Waals surface area (Å²) in [6.07, 6.45) is 4.34. The van der Waals surface area contributed by atoms with Crippen molar-refractivity contribution in [2.45, 2.75) is 20.3 Å². The highest BCUT2D eigenvalue weighted by Crippen LogP contribution is 2.25. The normalized spacial score (nSPS) is 14.1. The summed E-state index contributed by atoms with van der Waals surface area (Å²) >= 11 is 0. The summed E-state index contributed by atoms with van der Waals surface area (Å²) in [6.45, 7) is 4.03. The Balaban J connectivity index is 2.21. The molecule has 1 aromatic carbocycles. The molecule has 1 heterocycles. The molecule has 0 bridgehead atoms. The van der Waals surface area contributed by atoms with Crippen molar-refractivity contribution in [2.75, 3.05) is 13.2 Å². The van der Waals surface area contributed by atoms with Crippen molar-refractivity contribution < 1.29 is 14.3 Å². The number of carbonyl (C=O) groups is 1. The molecular formula is C18H19NO3. The van der Waals surface area contributed by atoms with Gasteiger partial charge in [0.25, 0.3) is 0 Å². The van der Waals surface area contributed by atoms with Crippen molar-refractivity contribution in [2.24, 2.45) is 0 Å². The molecule has 0 fully saturated rings. The Morgan fingerprint density at radius 2 is 2.00 bits per heavy atom. The summed E-state index contributed by atoms with van der Waals surface area (Å²) in [6, 6.07) is 9.89. The second-order valence-corrected chi connectivity index (χ2v) is 5.09. The molecule has 0 atom stereocenters. The average Bonchev–Trinajstić information content (AvgIpc) is 2.48. The van der Waals surface area contributed by atoms with Crippen LogP contribution in [0.3, 0.4) is 0 Å². The lowest BCUT2D eigenvalue weighted by atomic mass is 9.98. The zero-order valence-electron chi connectivity index (χ0n) is 12.8. The van der Waals surface area contributed by atoms with Gasteiger partial charge in [-0.15, -0.1) is 0 Å². The highest BCUT2D eigenvalue weighted by molar-refractivity contribution is 5.74. The number of rotatable bonds is 5. The zero-order valence-corrected chi connectivity index (χ0v) is 12.8. The number of esters is 1. The van der Waals surface area contributed by atoms with Gasteiger partial charge < -0.3 is 9.64 Å². The van der Waals surface area contributed by atoms with E-state index < -0.39 is 0 Å². The van der Waals surface area contributed by atoms with Gasteiger partial charge in [-0.2, -0.15) is 0 Å². The number of allylic oxidation sites excluding steroid dienone is 3. The fourth-order valence-corrected chi connectivity index (χ4v) is 2.42. The molecule has 0 unspecified atom stereocenters. The third kappa shape index (κ3) is 3.96. The molecule has 0 saturated heterocycles. The maximum absolute atomic E-state index is 11.7. The predicted octanol–water partition coefficient (Wildman–Crippen LogP) is 2.65. The molecule has 114 valence electrons. The van der Waals surface area contributed by atoms with Crippen LogP contribution in [-0.4, -0.2) is 30.0 Å². The van der Waals surface area contributed by atoms with Crippen molar-refractivity contribution in [1.29, 1.82) is 0 Å². The minimum absolute atomic E-state index is 0.0158. The minimum Gasteiger partial charge on any atom is -0.465 e. The van der Waals surface area contributed by atoms with Crippen molar-refractivity contribution >= 4 is 11.9 Å². The second kappa shape index (κ2) is 7.43. The van der Waals surface area contributed by atoms with Crippen LogP contribution in [0.5, 0.6) is 0 Å². The lowest BCUT2D eigenvalue weighted by molar-refractivity contribution is -0.143. The lowest BCUT2D eigenvalue weighted by Crippen LogP contribution is -2.29. The standard InChI is InChI=1S/C18H19NO3/c1-3-22-18(21)12-19-11-14(2)9-16(17(19)13-20)10-15-7-5-4-6-8-15/h4-9,11H,3,10,12H2,1-2H3. The molecule has 1 aromatic rings. The Kier molecular flexibility index (Phi) is 5.34. The number of hydrogen-bond donors (Lipinski definition) is 0. The summed E-state index contributed by atoms with van der Waals surface area (Å²) < 4.78 is 4.95. The molecule has 1 aliphatic rings. The quantitative estimate of drug-likeness (QED) is 0.619. The molecule has 0 spiro atoms. The van der Waals surface area contributed by atoms with Crippen molar-refractivity contribution in [1.82, 2.24) is 4.90 Å². The van der Waals surface area contributed by atoms with E-state index in [9.17, 15) is 9.59 Å². The molecule has 0 aromatic heterocycles. The van der Waals surface area contributed by atoms with Gasteiger partial charge in [-0.25, -0.2) is 4.79 Å². The Labute approximate surface area is 130 Å². The van der Waals surface area contributed by atoms with Crippen molar-refractivity contribution in [3.63, 3.8) is 0 Å². The van der Waals surface area contributed by atoms with Crippen LogP contribution in [0.2, 0.25) is 0 Å². The van der Waals surface area contributed by atoms with Gasteiger partial charge in [0.15, 0.2) is 5.94 Å². The van der Waals surface area contributed by atoms with Gasteiger partial charge in [-0.1, -0.05) is 36.4 Å². The van der Waals surface area contributed by atoms with Crippen molar-refractivity contribution in [3.8, 4) is 0 Å². The molecule has 1 aliphatic heterocycles. The van der Waals surface area contributed by atoms with Crippen LogP contribution in [0.15, 0.2) is 59.5 Å². The molecule has 0 amide bonds. The molecule has 2 rings (SSSR count). The lowest BCUT2D eigenvalue weighted by Gasteiger charge is -2.26. The van der Waals surface area contributed by atoms with Crippen LogP contribution >= 0.6 is 0 Å². The number of ether oxygens (including phenoxy) is 1. The first-order valence-electron chi connectivity index (χ1n) is 7.24. The van der Waals surface area contributed by atoms with Gasteiger partial charge in [-0.05, 0) is 30.6 Å². The number of carbonyl (C=O) groups excluding carboxylic acids is 2. The minimum atomic E-state index is -0.361. The van der Waals surface area contributed by atoms with E-state index in [4.69, 9.17) is 4.74 Å². The van der Waals surface area contributed by atoms with Crippen LogP contribution in [0.1, 0.15) is 19.4 Å². The molecule has 0 aliphatic carbocycles. The van der Waals surface area contributed by atoms with Crippen LogP contribution in [0.25, 0.3) is 0 Å². The molecule has 22 heavy (non-hydrogen) atoms. The van der Waals surface area contributed by atoms with Gasteiger partial charge in [0.2, 0.25) is 0 Å². The van der Waals surface area contributed by atoms with Crippen LogP contribution in [0.4, 0.5) is 0 Å². The third-order valence-electron chi connectivity index (χ3n) is 3.29. The van der Waals surface area contributed by atoms with Gasteiger partial charge in [0.1, 0.15) is 12.2 Å². The Hall–Kier alpha value is -2.58. The number of benzene rings is 1. The summed E-state index contributed by atoms with van der Waals surface area (Å²) in [5, 5.41) is 0. The highest BCUT2D eigenvalue weighted by atomic mass is 16.5. The monoisotopic (exact) mass is 297 g/mol. The van der Waals surface area contributed by atoms with Crippen LogP contribution < -0.4 is 0 Å². The van der Waals surface area contributed by atoms with E-state index in [2.05, 4.69) is 0 Å².